The Kier molecular flexibility index (Phi) is 6.92. The van der Waals surface area contributed by atoms with Crippen LogP contribution >= 0.6 is 0 Å². The summed E-state index contributed by atoms with van der Waals surface area (Å²) < 4.78 is 1.85. The zero-order chi connectivity index (χ0) is 23.3. The molecule has 4 rings (SSSR count). The Morgan fingerprint density at radius 2 is 1.85 bits per heavy atom. The molecule has 0 aliphatic carbocycles. The zero-order valence-electron chi connectivity index (χ0n) is 19.5. The zero-order valence-corrected chi connectivity index (χ0v) is 19.5. The van der Waals surface area contributed by atoms with E-state index >= 15 is 0 Å². The summed E-state index contributed by atoms with van der Waals surface area (Å²) >= 11 is 0. The smallest absolute Gasteiger partial charge is 0.228 e. The normalized spacial score (nSPS) is 18.2. The summed E-state index contributed by atoms with van der Waals surface area (Å²) in [6.45, 7) is 3.68. The number of carbonyl (C=O) groups is 2. The van der Waals surface area contributed by atoms with E-state index in [1.165, 1.54) is 0 Å². The molecule has 0 saturated carbocycles. The molecular weight excluding hydrogens is 412 g/mol. The van der Waals surface area contributed by atoms with Crippen LogP contribution in [-0.4, -0.2) is 46.6 Å². The highest BCUT2D eigenvalue weighted by atomic mass is 16.2. The second-order valence-corrected chi connectivity index (χ2v) is 8.97. The Bertz CT molecular complexity index is 1110. The molecule has 0 bridgehead atoms. The van der Waals surface area contributed by atoms with Gasteiger partial charge in [-0.1, -0.05) is 54.6 Å². The van der Waals surface area contributed by atoms with Crippen molar-refractivity contribution in [2.45, 2.75) is 39.2 Å². The third kappa shape index (κ3) is 5.16. The maximum atomic E-state index is 13.1. The van der Waals surface area contributed by atoms with Gasteiger partial charge in [-0.3, -0.25) is 14.3 Å². The van der Waals surface area contributed by atoms with E-state index in [9.17, 15) is 9.59 Å². The Morgan fingerprint density at radius 1 is 1.06 bits per heavy atom. The lowest BCUT2D eigenvalue weighted by molar-refractivity contribution is -0.141. The lowest BCUT2D eigenvalue weighted by Crippen LogP contribution is -2.54. The molecule has 0 unspecified atom stereocenters. The number of piperidine rings is 1. The molecule has 1 aliphatic heterocycles. The van der Waals surface area contributed by atoms with Gasteiger partial charge in [0.25, 0.3) is 0 Å². The van der Waals surface area contributed by atoms with E-state index in [0.29, 0.717) is 32.5 Å². The maximum Gasteiger partial charge on any atom is 0.228 e. The van der Waals surface area contributed by atoms with E-state index in [-0.39, 0.29) is 11.8 Å². The largest absolute Gasteiger partial charge is 0.359 e. The van der Waals surface area contributed by atoms with Crippen molar-refractivity contribution in [2.75, 3.05) is 20.1 Å². The summed E-state index contributed by atoms with van der Waals surface area (Å²) in [6, 6.07) is 20.6. The first-order valence-electron chi connectivity index (χ1n) is 11.6. The van der Waals surface area contributed by atoms with Gasteiger partial charge in [0.05, 0.1) is 5.41 Å². The number of nitrogens with zero attached hydrogens (tertiary/aromatic N) is 3. The van der Waals surface area contributed by atoms with Gasteiger partial charge in [-0.15, -0.1) is 0 Å². The van der Waals surface area contributed by atoms with Gasteiger partial charge >= 0.3 is 0 Å². The Hall–Kier alpha value is -3.41. The highest BCUT2D eigenvalue weighted by Crippen LogP contribution is 2.35. The Morgan fingerprint density at radius 3 is 2.58 bits per heavy atom. The first kappa shape index (κ1) is 22.8. The summed E-state index contributed by atoms with van der Waals surface area (Å²) in [4.78, 5) is 28.1. The second-order valence-electron chi connectivity index (χ2n) is 8.97. The highest BCUT2D eigenvalue weighted by Gasteiger charge is 2.43. The van der Waals surface area contributed by atoms with Crippen molar-refractivity contribution in [2.24, 2.45) is 5.41 Å². The van der Waals surface area contributed by atoms with Crippen molar-refractivity contribution < 1.29 is 9.59 Å². The number of amides is 2. The van der Waals surface area contributed by atoms with Gasteiger partial charge in [0.2, 0.25) is 11.8 Å². The van der Waals surface area contributed by atoms with Crippen LogP contribution in [0.15, 0.2) is 66.9 Å². The van der Waals surface area contributed by atoms with Gasteiger partial charge in [-0.2, -0.15) is 5.10 Å². The lowest BCUT2D eigenvalue weighted by Gasteiger charge is -2.41. The molecule has 1 saturated heterocycles. The summed E-state index contributed by atoms with van der Waals surface area (Å²) in [5.74, 6) is 0.0870. The molecule has 1 atom stereocenters. The minimum absolute atomic E-state index is 0.00744. The van der Waals surface area contributed by atoms with Crippen LogP contribution in [0.5, 0.6) is 0 Å². The SMILES string of the molecule is CNC(=O)[C@@]1(Cc2cccc(-c3ccccc3)c2)CCCN(C(=O)CCn2nccc2C)C1. The minimum atomic E-state index is -0.625. The lowest BCUT2D eigenvalue weighted by atomic mass is 9.74. The van der Waals surface area contributed by atoms with Crippen LogP contribution in [0.1, 0.15) is 30.5 Å². The number of benzene rings is 2. The van der Waals surface area contributed by atoms with Crippen molar-refractivity contribution in [3.63, 3.8) is 0 Å². The average Bonchev–Trinajstić information content (AvgIpc) is 3.27. The number of carbonyl (C=O) groups excluding carboxylic acids is 2. The van der Waals surface area contributed by atoms with Gasteiger partial charge in [-0.25, -0.2) is 0 Å². The van der Waals surface area contributed by atoms with Crippen molar-refractivity contribution in [3.8, 4) is 11.1 Å². The van der Waals surface area contributed by atoms with Crippen molar-refractivity contribution in [1.82, 2.24) is 20.0 Å². The third-order valence-electron chi connectivity index (χ3n) is 6.68. The molecule has 0 radical (unpaired) electrons. The van der Waals surface area contributed by atoms with Crippen LogP contribution in [0, 0.1) is 12.3 Å². The van der Waals surface area contributed by atoms with Crippen molar-refractivity contribution in [3.05, 3.63) is 78.1 Å². The highest BCUT2D eigenvalue weighted by molar-refractivity contribution is 5.85. The van der Waals surface area contributed by atoms with Gasteiger partial charge in [0.1, 0.15) is 0 Å². The number of hydrogen-bond donors (Lipinski definition) is 1. The number of aryl methyl sites for hydroxylation is 2. The van der Waals surface area contributed by atoms with Crippen LogP contribution in [0.4, 0.5) is 0 Å². The molecular formula is C27H32N4O2. The van der Waals surface area contributed by atoms with Gasteiger partial charge in [-0.05, 0) is 48.9 Å². The molecule has 2 amide bonds. The molecule has 1 N–H and O–H groups in total. The number of rotatable bonds is 7. The molecule has 0 spiro atoms. The van der Waals surface area contributed by atoms with Gasteiger partial charge < -0.3 is 10.2 Å². The number of aromatic nitrogens is 2. The van der Waals surface area contributed by atoms with Crippen molar-refractivity contribution >= 4 is 11.8 Å². The van der Waals surface area contributed by atoms with E-state index in [0.717, 1.165) is 35.2 Å². The topological polar surface area (TPSA) is 67.2 Å². The molecule has 6 heteroatoms. The van der Waals surface area contributed by atoms with E-state index < -0.39 is 5.41 Å². The number of likely N-dealkylation sites (tertiary alicyclic amines) is 1. The predicted octanol–water partition coefficient (Wildman–Crippen LogP) is 3.85. The molecule has 2 heterocycles. The number of nitrogens with one attached hydrogen (secondary N) is 1. The second kappa shape index (κ2) is 10.0. The fourth-order valence-corrected chi connectivity index (χ4v) is 4.89. The van der Waals surface area contributed by atoms with E-state index in [1.54, 1.807) is 13.2 Å². The fraction of sp³-hybridized carbons (Fsp3) is 0.370. The molecule has 2 aromatic carbocycles. The third-order valence-corrected chi connectivity index (χ3v) is 6.68. The first-order valence-corrected chi connectivity index (χ1v) is 11.6. The Balaban J connectivity index is 1.51. The van der Waals surface area contributed by atoms with Gasteiger partial charge in [0.15, 0.2) is 0 Å². The van der Waals surface area contributed by atoms with Gasteiger partial charge in [0, 0.05) is 45.0 Å². The molecule has 1 fully saturated rings. The van der Waals surface area contributed by atoms with E-state index in [2.05, 4.69) is 40.7 Å². The van der Waals surface area contributed by atoms with Crippen LogP contribution in [0.2, 0.25) is 0 Å². The number of hydrogen-bond acceptors (Lipinski definition) is 3. The predicted molar refractivity (Wildman–Crippen MR) is 129 cm³/mol. The van der Waals surface area contributed by atoms with E-state index in [4.69, 9.17) is 0 Å². The average molecular weight is 445 g/mol. The molecule has 1 aromatic heterocycles. The maximum absolute atomic E-state index is 13.1. The fourth-order valence-electron chi connectivity index (χ4n) is 4.89. The van der Waals surface area contributed by atoms with Crippen LogP contribution in [0.25, 0.3) is 11.1 Å². The summed E-state index contributed by atoms with van der Waals surface area (Å²) in [7, 11) is 1.69. The molecule has 1 aliphatic rings. The summed E-state index contributed by atoms with van der Waals surface area (Å²) in [5.41, 5.74) is 3.82. The van der Waals surface area contributed by atoms with Crippen molar-refractivity contribution in [1.29, 1.82) is 0 Å². The molecule has 172 valence electrons. The summed E-state index contributed by atoms with van der Waals surface area (Å²) in [6.07, 6.45) is 4.33. The van der Waals surface area contributed by atoms with Crippen LogP contribution in [0.3, 0.4) is 0 Å². The summed E-state index contributed by atoms with van der Waals surface area (Å²) in [5, 5.41) is 7.15. The standard InChI is InChI=1S/C27H32N4O2/c1-21-12-15-29-31(21)17-13-25(32)30-16-7-14-27(20-30,26(33)28-2)19-22-8-6-11-24(18-22)23-9-4-3-5-10-23/h3-6,8-12,15,18H,7,13-14,16-17,19-20H2,1-2H3,(H,28,33)/t27-/m1/s1. The molecule has 33 heavy (non-hydrogen) atoms. The van der Waals surface area contributed by atoms with Crippen LogP contribution < -0.4 is 5.32 Å². The molecule has 6 nitrogen and oxygen atoms in total. The quantitative estimate of drug-likeness (QED) is 0.602. The van der Waals surface area contributed by atoms with E-state index in [1.807, 2.05) is 46.8 Å². The Labute approximate surface area is 195 Å². The van der Waals surface area contributed by atoms with Crippen LogP contribution in [-0.2, 0) is 22.6 Å². The first-order chi connectivity index (χ1) is 16.0. The molecule has 3 aromatic rings. The minimum Gasteiger partial charge on any atom is -0.359 e. The monoisotopic (exact) mass is 444 g/mol.